The van der Waals surface area contributed by atoms with Gasteiger partial charge in [0, 0.05) is 12.3 Å². The molecule has 0 saturated carbocycles. The summed E-state index contributed by atoms with van der Waals surface area (Å²) in [4.78, 5) is 28.0. The van der Waals surface area contributed by atoms with E-state index in [-0.39, 0.29) is 5.91 Å². The minimum absolute atomic E-state index is 0.169. The number of aldehydes is 1. The highest BCUT2D eigenvalue weighted by atomic mass is 32.1. The van der Waals surface area contributed by atoms with Crippen LogP contribution >= 0.6 is 11.3 Å². The van der Waals surface area contributed by atoms with Crippen molar-refractivity contribution in [2.75, 3.05) is 12.0 Å². The van der Waals surface area contributed by atoms with E-state index in [1.807, 2.05) is 0 Å². The Kier molecular flexibility index (Phi) is 3.91. The summed E-state index contributed by atoms with van der Waals surface area (Å²) in [6, 6.07) is 7.06. The number of anilines is 2. The van der Waals surface area contributed by atoms with Crippen LogP contribution in [0.5, 0.6) is 5.75 Å². The lowest BCUT2D eigenvalue weighted by molar-refractivity contribution is -0.115. The van der Waals surface area contributed by atoms with Crippen LogP contribution in [0.4, 0.5) is 10.8 Å². The average molecular weight is 276 g/mol. The molecule has 0 aliphatic carbocycles. The smallest absolute Gasteiger partial charge is 0.230 e. The zero-order valence-corrected chi connectivity index (χ0v) is 11.3. The summed E-state index contributed by atoms with van der Waals surface area (Å²) in [5.74, 6) is 0.539. The summed E-state index contributed by atoms with van der Waals surface area (Å²) in [6.07, 6.45) is 0.659. The number of ether oxygens (including phenoxy) is 1. The van der Waals surface area contributed by atoms with Gasteiger partial charge in [0.2, 0.25) is 5.91 Å². The van der Waals surface area contributed by atoms with Crippen molar-refractivity contribution >= 4 is 34.3 Å². The molecule has 0 fully saturated rings. The predicted octanol–water partition coefficient (Wildman–Crippen LogP) is 2.65. The van der Waals surface area contributed by atoms with E-state index in [0.717, 1.165) is 0 Å². The number of rotatable bonds is 4. The molecule has 0 atom stereocenters. The first-order chi connectivity index (χ1) is 9.15. The van der Waals surface area contributed by atoms with E-state index < -0.39 is 0 Å². The Morgan fingerprint density at radius 1 is 1.37 bits per heavy atom. The number of benzene rings is 1. The van der Waals surface area contributed by atoms with E-state index in [2.05, 4.69) is 4.98 Å². The van der Waals surface area contributed by atoms with Gasteiger partial charge in [-0.15, -0.1) is 11.3 Å². The van der Waals surface area contributed by atoms with Gasteiger partial charge in [0.25, 0.3) is 0 Å². The highest BCUT2D eigenvalue weighted by Crippen LogP contribution is 2.29. The first kappa shape index (κ1) is 13.2. The molecule has 1 aromatic carbocycles. The molecular weight excluding hydrogens is 264 g/mol. The lowest BCUT2D eigenvalue weighted by atomic mass is 10.3. The number of aromatic nitrogens is 1. The molecule has 0 saturated heterocycles. The largest absolute Gasteiger partial charge is 0.497 e. The van der Waals surface area contributed by atoms with Gasteiger partial charge in [0.15, 0.2) is 11.4 Å². The third-order valence-electron chi connectivity index (χ3n) is 2.47. The van der Waals surface area contributed by atoms with E-state index in [9.17, 15) is 9.59 Å². The van der Waals surface area contributed by atoms with Crippen molar-refractivity contribution in [3.05, 3.63) is 35.3 Å². The topological polar surface area (TPSA) is 59.5 Å². The Morgan fingerprint density at radius 3 is 2.53 bits per heavy atom. The van der Waals surface area contributed by atoms with E-state index in [4.69, 9.17) is 4.74 Å². The molecular formula is C13H12N2O3S. The molecule has 0 bridgehead atoms. The van der Waals surface area contributed by atoms with Crippen molar-refractivity contribution < 1.29 is 14.3 Å². The number of hydrogen-bond acceptors (Lipinski definition) is 5. The Labute approximate surface area is 114 Å². The third-order valence-corrected chi connectivity index (χ3v) is 3.31. The van der Waals surface area contributed by atoms with Crippen molar-refractivity contribution in [2.45, 2.75) is 6.92 Å². The molecule has 98 valence electrons. The van der Waals surface area contributed by atoms with Crippen molar-refractivity contribution in [3.63, 3.8) is 0 Å². The van der Waals surface area contributed by atoms with Gasteiger partial charge in [0.05, 0.1) is 12.8 Å². The lowest BCUT2D eigenvalue weighted by Crippen LogP contribution is -2.22. The summed E-state index contributed by atoms with van der Waals surface area (Å²) in [6.45, 7) is 1.45. The van der Waals surface area contributed by atoms with Gasteiger partial charge in [0.1, 0.15) is 11.4 Å². The van der Waals surface area contributed by atoms with Gasteiger partial charge in [-0.3, -0.25) is 14.5 Å². The Hall–Kier alpha value is -2.21. The molecule has 1 amide bonds. The Bertz CT molecular complexity index is 592. The van der Waals surface area contributed by atoms with Crippen LogP contribution in [0, 0.1) is 0 Å². The molecule has 0 N–H and O–H groups in total. The standard InChI is InChI=1S/C13H12N2O3S/c1-9(17)15(13-14-10(7-16)8-19-13)11-3-5-12(18-2)6-4-11/h3-8H,1-2H3. The fraction of sp³-hybridized carbons (Fsp3) is 0.154. The number of carbonyl (C=O) groups excluding carboxylic acids is 2. The molecule has 1 heterocycles. The quantitative estimate of drug-likeness (QED) is 0.805. The lowest BCUT2D eigenvalue weighted by Gasteiger charge is -2.18. The minimum atomic E-state index is -0.169. The molecule has 0 spiro atoms. The second-order valence-electron chi connectivity index (χ2n) is 3.73. The maximum atomic E-state index is 11.8. The predicted molar refractivity (Wildman–Crippen MR) is 73.3 cm³/mol. The maximum absolute atomic E-state index is 11.8. The highest BCUT2D eigenvalue weighted by molar-refractivity contribution is 7.14. The summed E-state index contributed by atoms with van der Waals surface area (Å²) >= 11 is 1.25. The minimum Gasteiger partial charge on any atom is -0.497 e. The molecule has 19 heavy (non-hydrogen) atoms. The maximum Gasteiger partial charge on any atom is 0.230 e. The number of thiazole rings is 1. The van der Waals surface area contributed by atoms with Crippen molar-refractivity contribution in [2.24, 2.45) is 0 Å². The zero-order chi connectivity index (χ0) is 13.8. The zero-order valence-electron chi connectivity index (χ0n) is 10.5. The first-order valence-corrected chi connectivity index (χ1v) is 6.39. The van der Waals surface area contributed by atoms with Crippen LogP contribution in [0.15, 0.2) is 29.6 Å². The summed E-state index contributed by atoms with van der Waals surface area (Å²) in [5, 5.41) is 2.08. The number of carbonyl (C=O) groups is 2. The number of hydrogen-bond donors (Lipinski definition) is 0. The second-order valence-corrected chi connectivity index (χ2v) is 4.56. The summed E-state index contributed by atoms with van der Waals surface area (Å²) < 4.78 is 5.07. The molecule has 2 aromatic rings. The molecule has 0 aliphatic heterocycles. The first-order valence-electron chi connectivity index (χ1n) is 5.51. The molecule has 0 unspecified atom stereocenters. The van der Waals surface area contributed by atoms with Gasteiger partial charge in [-0.25, -0.2) is 4.98 Å². The second kappa shape index (κ2) is 5.62. The molecule has 0 radical (unpaired) electrons. The monoisotopic (exact) mass is 276 g/mol. The van der Waals surface area contributed by atoms with E-state index in [0.29, 0.717) is 28.5 Å². The van der Waals surface area contributed by atoms with Gasteiger partial charge < -0.3 is 4.74 Å². The number of methoxy groups -OCH3 is 1. The fourth-order valence-electron chi connectivity index (χ4n) is 1.59. The van der Waals surface area contributed by atoms with E-state index in [1.54, 1.807) is 36.8 Å². The van der Waals surface area contributed by atoms with E-state index >= 15 is 0 Å². The van der Waals surface area contributed by atoms with Gasteiger partial charge in [-0.1, -0.05) is 0 Å². The summed E-state index contributed by atoms with van der Waals surface area (Å²) in [7, 11) is 1.58. The van der Waals surface area contributed by atoms with Crippen LogP contribution in [-0.2, 0) is 4.79 Å². The fourth-order valence-corrected chi connectivity index (χ4v) is 2.42. The van der Waals surface area contributed by atoms with Crippen LogP contribution in [0.2, 0.25) is 0 Å². The van der Waals surface area contributed by atoms with Crippen LogP contribution < -0.4 is 9.64 Å². The van der Waals surface area contributed by atoms with Crippen LogP contribution in [0.1, 0.15) is 17.4 Å². The summed E-state index contributed by atoms with van der Waals surface area (Å²) in [5.41, 5.74) is 1.000. The van der Waals surface area contributed by atoms with Crippen LogP contribution in [-0.4, -0.2) is 24.3 Å². The SMILES string of the molecule is COc1ccc(N(C(C)=O)c2nc(C=O)cs2)cc1. The molecule has 6 heteroatoms. The van der Waals surface area contributed by atoms with Crippen molar-refractivity contribution in [3.8, 4) is 5.75 Å². The molecule has 0 aliphatic rings. The third kappa shape index (κ3) is 2.79. The van der Waals surface area contributed by atoms with Gasteiger partial charge in [-0.2, -0.15) is 0 Å². The molecule has 5 nitrogen and oxygen atoms in total. The highest BCUT2D eigenvalue weighted by Gasteiger charge is 2.17. The normalized spacial score (nSPS) is 10.0. The average Bonchev–Trinajstić information content (AvgIpc) is 2.88. The number of nitrogens with zero attached hydrogens (tertiary/aromatic N) is 2. The van der Waals surface area contributed by atoms with Gasteiger partial charge >= 0.3 is 0 Å². The Morgan fingerprint density at radius 2 is 2.05 bits per heavy atom. The van der Waals surface area contributed by atoms with E-state index in [1.165, 1.54) is 23.2 Å². The van der Waals surface area contributed by atoms with Crippen LogP contribution in [0.25, 0.3) is 0 Å². The number of amides is 1. The molecule has 1 aromatic heterocycles. The Balaban J connectivity index is 2.38. The molecule has 2 rings (SSSR count). The van der Waals surface area contributed by atoms with Crippen LogP contribution in [0.3, 0.4) is 0 Å². The van der Waals surface area contributed by atoms with Crippen molar-refractivity contribution in [1.82, 2.24) is 4.98 Å². The van der Waals surface area contributed by atoms with Gasteiger partial charge in [-0.05, 0) is 24.3 Å². The van der Waals surface area contributed by atoms with Crippen molar-refractivity contribution in [1.29, 1.82) is 0 Å².